The molecule has 0 saturated heterocycles. The van der Waals surface area contributed by atoms with Gasteiger partial charge < -0.3 is 9.80 Å². The van der Waals surface area contributed by atoms with E-state index in [1.54, 1.807) is 27.7 Å². The summed E-state index contributed by atoms with van der Waals surface area (Å²) in [5, 5.41) is 0. The Balaban J connectivity index is 0.000000586. The molecule has 4 aromatic carbocycles. The van der Waals surface area contributed by atoms with E-state index < -0.39 is 23.3 Å². The summed E-state index contributed by atoms with van der Waals surface area (Å²) in [5.74, 6) is -3.60. The summed E-state index contributed by atoms with van der Waals surface area (Å²) in [4.78, 5) is 25.4. The topological polar surface area (TPSA) is 40.6 Å². The van der Waals surface area contributed by atoms with Gasteiger partial charge in [-0.3, -0.25) is 9.59 Å². The Labute approximate surface area is 267 Å². The monoisotopic (exact) mass is 630 g/mol. The van der Waals surface area contributed by atoms with Crippen LogP contribution in [0.15, 0.2) is 72.8 Å². The second kappa shape index (κ2) is 21.2. The smallest absolute Gasteiger partial charge is 0.364 e. The fourth-order valence-electron chi connectivity index (χ4n) is 3.57. The van der Waals surface area contributed by atoms with Gasteiger partial charge in [0.05, 0.1) is 0 Å². The van der Waals surface area contributed by atoms with Crippen LogP contribution in [0.25, 0.3) is 0 Å². The van der Waals surface area contributed by atoms with Gasteiger partial charge in [0.15, 0.2) is 0 Å². The van der Waals surface area contributed by atoms with Crippen molar-refractivity contribution >= 4 is 23.2 Å². The van der Waals surface area contributed by atoms with E-state index in [1.165, 1.54) is 33.1 Å². The van der Waals surface area contributed by atoms with Crippen LogP contribution in [0.2, 0.25) is 0 Å². The van der Waals surface area contributed by atoms with Crippen molar-refractivity contribution in [2.24, 2.45) is 0 Å². The van der Waals surface area contributed by atoms with E-state index >= 15 is 0 Å². The Kier molecular flexibility index (Phi) is 19.5. The van der Waals surface area contributed by atoms with Crippen LogP contribution in [0.5, 0.6) is 0 Å². The van der Waals surface area contributed by atoms with E-state index in [2.05, 4.69) is 38.1 Å². The number of halogens is 4. The molecule has 0 aromatic heterocycles. The van der Waals surface area contributed by atoms with Gasteiger partial charge in [-0.15, -0.1) is 36.4 Å². The van der Waals surface area contributed by atoms with Crippen LogP contribution in [0.1, 0.15) is 51.7 Å². The van der Waals surface area contributed by atoms with Crippen LogP contribution in [0.3, 0.4) is 0 Å². The molecule has 0 heterocycles. The third-order valence-electron chi connectivity index (χ3n) is 5.76. The normalized spacial score (nSPS) is 9.53. The van der Waals surface area contributed by atoms with Crippen molar-refractivity contribution in [3.8, 4) is 0 Å². The molecule has 4 nitrogen and oxygen atoms in total. The molecule has 0 aliphatic carbocycles. The largest absolute Gasteiger partial charge is 4.00 e. The molecule has 0 N–H and O–H groups in total. The first-order valence-corrected chi connectivity index (χ1v) is 13.7. The van der Waals surface area contributed by atoms with E-state index in [9.17, 15) is 27.2 Å². The zero-order valence-electron chi connectivity index (χ0n) is 25.5. The number of benzene rings is 2. The standard InChI is InChI=1S/2C11H12F2NO.2C6H7.Ti/c2*1-3-11(15)14(4-2)10-6-5-8(12)7-9(10)13;2*1-6-4-2-3-5-6;/h2*5-6H,3-4H2,1-2H3;2*2-5H,1H3;/q4*-1;+4. The summed E-state index contributed by atoms with van der Waals surface area (Å²) < 4.78 is 51.8. The molecule has 0 unspecified atom stereocenters. The van der Waals surface area contributed by atoms with Gasteiger partial charge in [0.1, 0.15) is 0 Å². The van der Waals surface area contributed by atoms with E-state index in [-0.39, 0.29) is 57.7 Å². The maximum absolute atomic E-state index is 13.3. The quantitative estimate of drug-likeness (QED) is 0.122. The van der Waals surface area contributed by atoms with Crippen molar-refractivity contribution in [3.63, 3.8) is 0 Å². The summed E-state index contributed by atoms with van der Waals surface area (Å²) >= 11 is 0. The first-order chi connectivity index (χ1) is 20.0. The van der Waals surface area contributed by atoms with Crippen molar-refractivity contribution in [2.75, 3.05) is 22.9 Å². The molecule has 0 fully saturated rings. The minimum atomic E-state index is -0.835. The van der Waals surface area contributed by atoms with Crippen LogP contribution in [-0.4, -0.2) is 24.9 Å². The molecule has 228 valence electrons. The van der Waals surface area contributed by atoms with Crippen molar-refractivity contribution in [1.82, 2.24) is 0 Å². The second-order valence-corrected chi connectivity index (χ2v) is 8.92. The van der Waals surface area contributed by atoms with Crippen LogP contribution in [0.4, 0.5) is 28.9 Å². The van der Waals surface area contributed by atoms with Gasteiger partial charge in [0.2, 0.25) is 11.8 Å². The van der Waals surface area contributed by atoms with Gasteiger partial charge in [0.25, 0.3) is 0 Å². The van der Waals surface area contributed by atoms with Gasteiger partial charge in [-0.05, 0) is 25.2 Å². The fraction of sp³-hybridized carbons (Fsp3) is 0.294. The fourth-order valence-corrected chi connectivity index (χ4v) is 3.57. The summed E-state index contributed by atoms with van der Waals surface area (Å²) in [6.45, 7) is 11.7. The summed E-state index contributed by atoms with van der Waals surface area (Å²) in [5.41, 5.74) is 2.83. The third-order valence-corrected chi connectivity index (χ3v) is 5.76. The molecule has 0 spiro atoms. The molecule has 0 aliphatic heterocycles. The molecule has 9 heteroatoms. The summed E-state index contributed by atoms with van der Waals surface area (Å²) in [7, 11) is 0. The zero-order valence-corrected chi connectivity index (χ0v) is 27.0. The molecule has 43 heavy (non-hydrogen) atoms. The van der Waals surface area contributed by atoms with Gasteiger partial charge in [-0.25, -0.2) is 41.8 Å². The summed E-state index contributed by atoms with van der Waals surface area (Å²) in [6, 6.07) is 25.0. The van der Waals surface area contributed by atoms with Crippen LogP contribution in [0, 0.1) is 49.2 Å². The molecule has 0 bridgehead atoms. The number of carbonyl (C=O) groups is 2. The second-order valence-electron chi connectivity index (χ2n) is 8.92. The number of nitrogens with zero attached hydrogens (tertiary/aromatic N) is 2. The van der Waals surface area contributed by atoms with E-state index in [4.69, 9.17) is 0 Å². The van der Waals surface area contributed by atoms with E-state index in [1.807, 2.05) is 36.4 Å². The maximum atomic E-state index is 13.3. The van der Waals surface area contributed by atoms with Gasteiger partial charge >= 0.3 is 21.7 Å². The molecule has 2 amide bonds. The number of hydrogen-bond acceptors (Lipinski definition) is 2. The Bertz CT molecular complexity index is 1240. The molecule has 4 aromatic rings. The van der Waals surface area contributed by atoms with Crippen molar-refractivity contribution in [1.29, 1.82) is 0 Å². The molecular weight excluding hydrogens is 592 g/mol. The zero-order chi connectivity index (χ0) is 31.7. The molecule has 4 rings (SSSR count). The van der Waals surface area contributed by atoms with Crippen molar-refractivity contribution < 1.29 is 48.9 Å². The van der Waals surface area contributed by atoms with Gasteiger partial charge in [-0.2, -0.15) is 35.4 Å². The number of rotatable bonds is 6. The predicted octanol–water partition coefficient (Wildman–Crippen LogP) is 8.48. The number of carbonyl (C=O) groups excluding carboxylic acids is 2. The number of anilines is 2. The van der Waals surface area contributed by atoms with Crippen LogP contribution < -0.4 is 9.80 Å². The predicted molar refractivity (Wildman–Crippen MR) is 161 cm³/mol. The average molecular weight is 631 g/mol. The molecule has 0 atom stereocenters. The molecule has 0 aliphatic rings. The Hall–Kier alpha value is -3.49. The third kappa shape index (κ3) is 14.0. The van der Waals surface area contributed by atoms with Crippen molar-refractivity contribution in [3.05, 3.63) is 119 Å². The molecule has 0 radical (unpaired) electrons. The first kappa shape index (κ1) is 39.5. The maximum Gasteiger partial charge on any atom is 4.00 e. The average Bonchev–Trinajstić information content (AvgIpc) is 3.65. The molecular formula is C34H38F4N2O2Ti. The Morgan fingerprint density at radius 1 is 0.628 bits per heavy atom. The number of hydrogen-bond donors (Lipinski definition) is 0. The SMILES string of the molecule is CCC(=O)N(CC)c1ccc(F)[c-]c1F.CCC(=O)N(CC)c1ccc(F)[c-]c1F.C[c-]1cccc1.C[c-]1cccc1.[Ti+4]. The van der Waals surface area contributed by atoms with E-state index in [0.29, 0.717) is 13.1 Å². The van der Waals surface area contributed by atoms with Gasteiger partial charge in [-0.1, -0.05) is 27.7 Å². The van der Waals surface area contributed by atoms with Crippen LogP contribution >= 0.6 is 0 Å². The minimum absolute atomic E-state index is 0. The summed E-state index contributed by atoms with van der Waals surface area (Å²) in [6.07, 6.45) is 0.565. The van der Waals surface area contributed by atoms with Crippen LogP contribution in [-0.2, 0) is 31.3 Å². The van der Waals surface area contributed by atoms with Gasteiger partial charge in [0, 0.05) is 49.2 Å². The first-order valence-electron chi connectivity index (χ1n) is 13.7. The molecule has 0 saturated carbocycles. The Morgan fingerprint density at radius 3 is 1.12 bits per heavy atom. The van der Waals surface area contributed by atoms with Crippen molar-refractivity contribution in [2.45, 2.75) is 54.4 Å². The Morgan fingerprint density at radius 2 is 0.930 bits per heavy atom. The minimum Gasteiger partial charge on any atom is -0.364 e. The number of amides is 2. The number of aryl methyl sites for hydroxylation is 2. The van der Waals surface area contributed by atoms with E-state index in [0.717, 1.165) is 12.1 Å².